The van der Waals surface area contributed by atoms with E-state index in [4.69, 9.17) is 4.42 Å². The third kappa shape index (κ3) is 3.88. The van der Waals surface area contributed by atoms with Crippen LogP contribution in [0.2, 0.25) is 0 Å². The van der Waals surface area contributed by atoms with Crippen LogP contribution in [-0.4, -0.2) is 40.3 Å². The van der Waals surface area contributed by atoms with E-state index in [0.717, 1.165) is 11.6 Å². The van der Waals surface area contributed by atoms with Crippen molar-refractivity contribution >= 4 is 23.7 Å². The quantitative estimate of drug-likeness (QED) is 0.679. The van der Waals surface area contributed by atoms with Crippen LogP contribution in [0.1, 0.15) is 16.1 Å². The van der Waals surface area contributed by atoms with Crippen LogP contribution in [0.5, 0.6) is 0 Å². The van der Waals surface area contributed by atoms with Gasteiger partial charge >= 0.3 is 0 Å². The van der Waals surface area contributed by atoms with Gasteiger partial charge in [-0.15, -0.1) is 0 Å². The zero-order valence-corrected chi connectivity index (χ0v) is 13.2. The third-order valence-corrected chi connectivity index (χ3v) is 3.04. The molecule has 6 heteroatoms. The number of rotatable bonds is 5. The van der Waals surface area contributed by atoms with Crippen molar-refractivity contribution in [3.8, 4) is 0 Å². The first-order valence-corrected chi connectivity index (χ1v) is 6.85. The Balaban J connectivity index is 1.99. The Morgan fingerprint density at radius 3 is 2.55 bits per heavy atom. The van der Waals surface area contributed by atoms with E-state index in [-0.39, 0.29) is 5.91 Å². The second-order valence-electron chi connectivity index (χ2n) is 5.21. The van der Waals surface area contributed by atoms with E-state index in [1.807, 2.05) is 62.3 Å². The summed E-state index contributed by atoms with van der Waals surface area (Å²) in [6.07, 6.45) is 1.47. The van der Waals surface area contributed by atoms with Gasteiger partial charge in [0.15, 0.2) is 5.88 Å². The van der Waals surface area contributed by atoms with E-state index in [1.54, 1.807) is 12.1 Å². The van der Waals surface area contributed by atoms with E-state index in [9.17, 15) is 4.79 Å². The van der Waals surface area contributed by atoms with Gasteiger partial charge in [0.05, 0.1) is 6.21 Å². The third-order valence-electron chi connectivity index (χ3n) is 3.04. The van der Waals surface area contributed by atoms with Crippen molar-refractivity contribution in [2.45, 2.75) is 0 Å². The highest BCUT2D eigenvalue weighted by Crippen LogP contribution is 2.14. The van der Waals surface area contributed by atoms with Gasteiger partial charge in [0.2, 0.25) is 0 Å². The molecule has 0 saturated heterocycles. The summed E-state index contributed by atoms with van der Waals surface area (Å²) in [7, 11) is 7.63. The highest BCUT2D eigenvalue weighted by atomic mass is 16.4. The van der Waals surface area contributed by atoms with E-state index in [1.165, 1.54) is 6.21 Å². The minimum absolute atomic E-state index is 0.265. The lowest BCUT2D eigenvalue weighted by Gasteiger charge is -2.12. The van der Waals surface area contributed by atoms with E-state index < -0.39 is 0 Å². The Labute approximate surface area is 130 Å². The number of hydrogen-bond acceptors (Lipinski definition) is 5. The lowest BCUT2D eigenvalue weighted by atomic mass is 10.2. The molecule has 0 unspecified atom stereocenters. The lowest BCUT2D eigenvalue weighted by molar-refractivity contribution is 0.0955. The predicted octanol–water partition coefficient (Wildman–Crippen LogP) is 2.18. The van der Waals surface area contributed by atoms with Gasteiger partial charge < -0.3 is 14.2 Å². The molecule has 0 fully saturated rings. The highest BCUT2D eigenvalue weighted by molar-refractivity contribution is 5.95. The van der Waals surface area contributed by atoms with E-state index >= 15 is 0 Å². The molecule has 0 aliphatic carbocycles. The van der Waals surface area contributed by atoms with Crippen molar-refractivity contribution in [3.63, 3.8) is 0 Å². The average molecular weight is 300 g/mol. The SMILES string of the molecule is CN(C)c1cccc(C(=O)NN=Cc2ccc(N(C)C)o2)c1. The molecule has 0 atom stereocenters. The topological polar surface area (TPSA) is 61.1 Å². The van der Waals surface area contributed by atoms with Crippen LogP contribution in [0.4, 0.5) is 11.6 Å². The number of nitrogens with zero attached hydrogens (tertiary/aromatic N) is 3. The predicted molar refractivity (Wildman–Crippen MR) is 88.9 cm³/mol. The van der Waals surface area contributed by atoms with E-state index in [2.05, 4.69) is 10.5 Å². The summed E-state index contributed by atoms with van der Waals surface area (Å²) in [5.74, 6) is 1.04. The first-order valence-electron chi connectivity index (χ1n) is 6.85. The second-order valence-corrected chi connectivity index (χ2v) is 5.21. The van der Waals surface area contributed by atoms with Crippen LogP contribution in [0.25, 0.3) is 0 Å². The summed E-state index contributed by atoms with van der Waals surface area (Å²) in [5, 5.41) is 3.91. The smallest absolute Gasteiger partial charge is 0.271 e. The fourth-order valence-corrected chi connectivity index (χ4v) is 1.80. The summed E-state index contributed by atoms with van der Waals surface area (Å²) < 4.78 is 5.50. The summed E-state index contributed by atoms with van der Waals surface area (Å²) in [4.78, 5) is 15.8. The van der Waals surface area contributed by atoms with Crippen LogP contribution < -0.4 is 15.2 Å². The molecule has 0 saturated carbocycles. The number of benzene rings is 1. The Kier molecular flexibility index (Phi) is 4.83. The molecule has 1 aromatic carbocycles. The summed E-state index contributed by atoms with van der Waals surface area (Å²) in [5.41, 5.74) is 4.00. The van der Waals surface area contributed by atoms with Gasteiger partial charge in [0.1, 0.15) is 5.76 Å². The standard InChI is InChI=1S/C16H20N4O2/c1-19(2)13-7-5-6-12(10-13)16(21)18-17-11-14-8-9-15(22-14)20(3)4/h5-11H,1-4H3,(H,18,21). The largest absolute Gasteiger partial charge is 0.440 e. The molecule has 116 valence electrons. The molecule has 0 spiro atoms. The number of hydrogen-bond donors (Lipinski definition) is 1. The molecule has 0 aliphatic rings. The fraction of sp³-hybridized carbons (Fsp3) is 0.250. The van der Waals surface area contributed by atoms with Gasteiger partial charge in [-0.05, 0) is 24.3 Å². The number of hydrazone groups is 1. The molecule has 1 amide bonds. The first-order chi connectivity index (χ1) is 10.5. The van der Waals surface area contributed by atoms with Crippen molar-refractivity contribution in [3.05, 3.63) is 47.7 Å². The Bertz CT molecular complexity index is 674. The summed E-state index contributed by atoms with van der Waals surface area (Å²) in [6.45, 7) is 0. The maximum atomic E-state index is 12.0. The van der Waals surface area contributed by atoms with Gasteiger partial charge in [-0.25, -0.2) is 5.43 Å². The number of carbonyl (C=O) groups excluding carboxylic acids is 1. The molecule has 0 bridgehead atoms. The van der Waals surface area contributed by atoms with Crippen molar-refractivity contribution in [2.75, 3.05) is 38.0 Å². The number of nitrogens with one attached hydrogen (secondary N) is 1. The lowest BCUT2D eigenvalue weighted by Crippen LogP contribution is -2.18. The number of amides is 1. The molecule has 0 radical (unpaired) electrons. The highest BCUT2D eigenvalue weighted by Gasteiger charge is 2.06. The van der Waals surface area contributed by atoms with Crippen molar-refractivity contribution < 1.29 is 9.21 Å². The van der Waals surface area contributed by atoms with Gasteiger partial charge in [0, 0.05) is 45.5 Å². The first kappa shape index (κ1) is 15.6. The molecule has 1 aromatic heterocycles. The summed E-state index contributed by atoms with van der Waals surface area (Å²) >= 11 is 0. The van der Waals surface area contributed by atoms with Gasteiger partial charge in [-0.2, -0.15) is 5.10 Å². The maximum Gasteiger partial charge on any atom is 0.271 e. The molecule has 6 nitrogen and oxygen atoms in total. The average Bonchev–Trinajstić information content (AvgIpc) is 2.96. The monoisotopic (exact) mass is 300 g/mol. The zero-order chi connectivity index (χ0) is 16.1. The van der Waals surface area contributed by atoms with Crippen LogP contribution in [0, 0.1) is 0 Å². The van der Waals surface area contributed by atoms with Crippen LogP contribution in [-0.2, 0) is 0 Å². The van der Waals surface area contributed by atoms with E-state index in [0.29, 0.717) is 11.3 Å². The molecule has 0 aliphatic heterocycles. The number of furan rings is 1. The van der Waals surface area contributed by atoms with Crippen LogP contribution in [0.15, 0.2) is 45.9 Å². The normalized spacial score (nSPS) is 10.7. The maximum absolute atomic E-state index is 12.0. The Morgan fingerprint density at radius 2 is 1.91 bits per heavy atom. The summed E-state index contributed by atoms with van der Waals surface area (Å²) in [6, 6.07) is 11.0. The van der Waals surface area contributed by atoms with Gasteiger partial charge in [-0.1, -0.05) is 6.07 Å². The molecule has 2 aromatic rings. The second kappa shape index (κ2) is 6.80. The molecule has 1 N–H and O–H groups in total. The van der Waals surface area contributed by atoms with Crippen molar-refractivity contribution in [2.24, 2.45) is 5.10 Å². The molecular weight excluding hydrogens is 280 g/mol. The molecule has 22 heavy (non-hydrogen) atoms. The van der Waals surface area contributed by atoms with Crippen LogP contribution in [0.3, 0.4) is 0 Å². The van der Waals surface area contributed by atoms with Gasteiger partial charge in [0.25, 0.3) is 5.91 Å². The Hall–Kier alpha value is -2.76. The minimum Gasteiger partial charge on any atom is -0.440 e. The minimum atomic E-state index is -0.265. The van der Waals surface area contributed by atoms with Crippen molar-refractivity contribution in [1.29, 1.82) is 0 Å². The molecule has 2 rings (SSSR count). The zero-order valence-electron chi connectivity index (χ0n) is 13.2. The molecular formula is C16H20N4O2. The van der Waals surface area contributed by atoms with Gasteiger partial charge in [-0.3, -0.25) is 4.79 Å². The van der Waals surface area contributed by atoms with Crippen LogP contribution >= 0.6 is 0 Å². The van der Waals surface area contributed by atoms with Crippen molar-refractivity contribution in [1.82, 2.24) is 5.43 Å². The number of carbonyl (C=O) groups is 1. The molecule has 1 heterocycles. The fourth-order valence-electron chi connectivity index (χ4n) is 1.80. The number of anilines is 2. The Morgan fingerprint density at radius 1 is 1.14 bits per heavy atom.